The predicted octanol–water partition coefficient (Wildman–Crippen LogP) is 1.53. The Morgan fingerprint density at radius 2 is 1.90 bits per heavy atom. The van der Waals surface area contributed by atoms with Crippen molar-refractivity contribution < 1.29 is 4.79 Å². The van der Waals surface area contributed by atoms with Crippen LogP contribution in [0.4, 0.5) is 0 Å². The van der Waals surface area contributed by atoms with Gasteiger partial charge in [0.15, 0.2) is 0 Å². The van der Waals surface area contributed by atoms with Gasteiger partial charge < -0.3 is 10.2 Å². The highest BCUT2D eigenvalue weighted by atomic mass is 35.5. The van der Waals surface area contributed by atoms with Gasteiger partial charge in [-0.2, -0.15) is 0 Å². The summed E-state index contributed by atoms with van der Waals surface area (Å²) < 4.78 is 0. The van der Waals surface area contributed by atoms with Crippen molar-refractivity contribution in [2.45, 2.75) is 13.0 Å². The molecule has 1 saturated heterocycles. The molecule has 0 saturated carbocycles. The van der Waals surface area contributed by atoms with E-state index in [9.17, 15) is 4.79 Å². The molecule has 1 fully saturated rings. The maximum Gasteiger partial charge on any atom is 0.244 e. The average Bonchev–Trinajstić information content (AvgIpc) is 2.49. The third kappa shape index (κ3) is 3.95. The maximum absolute atomic E-state index is 12.8. The molecule has 1 aliphatic heterocycles. The van der Waals surface area contributed by atoms with Gasteiger partial charge in [-0.1, -0.05) is 37.3 Å². The molecule has 2 rings (SSSR count). The molecule has 1 aliphatic rings. The second kappa shape index (κ2) is 8.25. The lowest BCUT2D eigenvalue weighted by Gasteiger charge is -2.34. The number of rotatable bonds is 4. The number of amides is 1. The van der Waals surface area contributed by atoms with E-state index in [1.54, 1.807) is 0 Å². The summed E-state index contributed by atoms with van der Waals surface area (Å²) in [5.41, 5.74) is 1.08. The van der Waals surface area contributed by atoms with E-state index in [1.165, 1.54) is 0 Å². The fourth-order valence-electron chi connectivity index (χ4n) is 2.46. The number of carbonyl (C=O) groups is 1. The summed E-state index contributed by atoms with van der Waals surface area (Å²) in [6.07, 6.45) is 0. The van der Waals surface area contributed by atoms with Crippen LogP contribution < -0.4 is 5.32 Å². The van der Waals surface area contributed by atoms with Gasteiger partial charge in [-0.3, -0.25) is 9.69 Å². The molecular weight excluding hydrogens is 274 g/mol. The Morgan fingerprint density at radius 3 is 2.45 bits per heavy atom. The molecule has 0 aromatic heterocycles. The van der Waals surface area contributed by atoms with Crippen LogP contribution in [0.15, 0.2) is 30.3 Å². The van der Waals surface area contributed by atoms with E-state index in [1.807, 2.05) is 42.3 Å². The maximum atomic E-state index is 12.8. The molecule has 0 bridgehead atoms. The highest BCUT2D eigenvalue weighted by Gasteiger charge is 2.29. The Hall–Kier alpha value is -1.10. The molecule has 0 radical (unpaired) electrons. The van der Waals surface area contributed by atoms with Gasteiger partial charge in [0.1, 0.15) is 6.04 Å². The number of piperazine rings is 1. The molecular formula is C15H24ClN3O. The molecule has 1 aromatic rings. The van der Waals surface area contributed by atoms with Gasteiger partial charge in [-0.25, -0.2) is 0 Å². The average molecular weight is 298 g/mol. The zero-order valence-electron chi connectivity index (χ0n) is 12.2. The molecule has 1 heterocycles. The van der Waals surface area contributed by atoms with E-state index in [4.69, 9.17) is 0 Å². The zero-order valence-corrected chi connectivity index (χ0v) is 13.0. The third-order valence-corrected chi connectivity index (χ3v) is 3.72. The standard InChI is InChI=1S/C15H23N3O.ClH/c1-3-17(2)14(13-7-5-4-6-8-13)15(19)18-11-9-16-10-12-18;/h4-8,14,16H,3,9-12H2,1-2H3;1H. The Morgan fingerprint density at radius 1 is 1.30 bits per heavy atom. The number of carbonyl (C=O) groups excluding carboxylic acids is 1. The van der Waals surface area contributed by atoms with Gasteiger partial charge >= 0.3 is 0 Å². The van der Waals surface area contributed by atoms with Gasteiger partial charge in [0, 0.05) is 26.2 Å². The van der Waals surface area contributed by atoms with E-state index in [2.05, 4.69) is 17.1 Å². The molecule has 1 amide bonds. The Labute approximate surface area is 127 Å². The largest absolute Gasteiger partial charge is 0.338 e. The van der Waals surface area contributed by atoms with Crippen molar-refractivity contribution in [3.8, 4) is 0 Å². The smallest absolute Gasteiger partial charge is 0.244 e. The number of hydrogen-bond donors (Lipinski definition) is 1. The minimum atomic E-state index is -0.163. The van der Waals surface area contributed by atoms with Crippen LogP contribution in [-0.4, -0.2) is 55.5 Å². The number of nitrogens with one attached hydrogen (secondary N) is 1. The van der Waals surface area contributed by atoms with E-state index >= 15 is 0 Å². The molecule has 1 N–H and O–H groups in total. The van der Waals surface area contributed by atoms with Crippen LogP contribution in [0.2, 0.25) is 0 Å². The van der Waals surface area contributed by atoms with Crippen LogP contribution in [0.5, 0.6) is 0 Å². The molecule has 1 aromatic carbocycles. The molecule has 0 spiro atoms. The topological polar surface area (TPSA) is 35.6 Å². The van der Waals surface area contributed by atoms with Crippen LogP contribution in [0.25, 0.3) is 0 Å². The minimum Gasteiger partial charge on any atom is -0.338 e. The zero-order chi connectivity index (χ0) is 13.7. The Kier molecular flexibility index (Phi) is 6.99. The first-order chi connectivity index (χ1) is 9.24. The van der Waals surface area contributed by atoms with Crippen LogP contribution in [-0.2, 0) is 4.79 Å². The number of halogens is 1. The predicted molar refractivity (Wildman–Crippen MR) is 84.2 cm³/mol. The van der Waals surface area contributed by atoms with Gasteiger partial charge in [-0.15, -0.1) is 12.4 Å². The van der Waals surface area contributed by atoms with Crippen LogP contribution in [0, 0.1) is 0 Å². The quantitative estimate of drug-likeness (QED) is 0.915. The lowest BCUT2D eigenvalue weighted by Crippen LogP contribution is -2.50. The van der Waals surface area contributed by atoms with Crippen molar-refractivity contribution in [2.75, 3.05) is 39.8 Å². The summed E-state index contributed by atoms with van der Waals surface area (Å²) >= 11 is 0. The summed E-state index contributed by atoms with van der Waals surface area (Å²) in [5.74, 6) is 0.219. The molecule has 4 nitrogen and oxygen atoms in total. The minimum absolute atomic E-state index is 0. The number of nitrogens with zero attached hydrogens (tertiary/aromatic N) is 2. The Bertz CT molecular complexity index is 407. The third-order valence-electron chi connectivity index (χ3n) is 3.72. The summed E-state index contributed by atoms with van der Waals surface area (Å²) in [7, 11) is 2.01. The van der Waals surface area contributed by atoms with Crippen LogP contribution in [0.3, 0.4) is 0 Å². The SMILES string of the molecule is CCN(C)C(C(=O)N1CCNCC1)c1ccccc1.Cl. The van der Waals surface area contributed by atoms with Crippen molar-refractivity contribution in [3.63, 3.8) is 0 Å². The van der Waals surface area contributed by atoms with Crippen molar-refractivity contribution in [3.05, 3.63) is 35.9 Å². The second-order valence-corrected chi connectivity index (χ2v) is 4.96. The number of hydrogen-bond acceptors (Lipinski definition) is 3. The molecule has 112 valence electrons. The van der Waals surface area contributed by atoms with Crippen molar-refractivity contribution in [1.82, 2.24) is 15.1 Å². The van der Waals surface area contributed by atoms with E-state index in [0.717, 1.165) is 38.3 Å². The molecule has 20 heavy (non-hydrogen) atoms. The first-order valence-electron chi connectivity index (χ1n) is 6.98. The highest BCUT2D eigenvalue weighted by Crippen LogP contribution is 2.21. The van der Waals surface area contributed by atoms with Crippen molar-refractivity contribution in [1.29, 1.82) is 0 Å². The monoisotopic (exact) mass is 297 g/mol. The summed E-state index contributed by atoms with van der Waals surface area (Å²) in [6.45, 7) is 6.34. The van der Waals surface area contributed by atoms with Gasteiger partial charge in [0.2, 0.25) is 5.91 Å². The molecule has 0 aliphatic carbocycles. The second-order valence-electron chi connectivity index (χ2n) is 4.96. The van der Waals surface area contributed by atoms with Crippen molar-refractivity contribution >= 4 is 18.3 Å². The summed E-state index contributed by atoms with van der Waals surface area (Å²) in [6, 6.07) is 9.90. The lowest BCUT2D eigenvalue weighted by molar-refractivity contribution is -0.137. The summed E-state index contributed by atoms with van der Waals surface area (Å²) in [4.78, 5) is 16.8. The fourth-order valence-corrected chi connectivity index (χ4v) is 2.46. The number of likely N-dealkylation sites (N-methyl/N-ethyl adjacent to an activating group) is 1. The first-order valence-corrected chi connectivity index (χ1v) is 6.98. The normalized spacial score (nSPS) is 16.6. The van der Waals surface area contributed by atoms with E-state index in [0.29, 0.717) is 0 Å². The van der Waals surface area contributed by atoms with Crippen LogP contribution in [0.1, 0.15) is 18.5 Å². The van der Waals surface area contributed by atoms with Gasteiger partial charge in [-0.05, 0) is 19.2 Å². The van der Waals surface area contributed by atoms with E-state index in [-0.39, 0.29) is 24.4 Å². The number of benzene rings is 1. The molecule has 1 atom stereocenters. The van der Waals surface area contributed by atoms with Crippen molar-refractivity contribution in [2.24, 2.45) is 0 Å². The van der Waals surface area contributed by atoms with Crippen LogP contribution >= 0.6 is 12.4 Å². The highest BCUT2D eigenvalue weighted by molar-refractivity contribution is 5.85. The Balaban J connectivity index is 0.00000200. The van der Waals surface area contributed by atoms with Gasteiger partial charge in [0.25, 0.3) is 0 Å². The lowest BCUT2D eigenvalue weighted by atomic mass is 10.0. The van der Waals surface area contributed by atoms with E-state index < -0.39 is 0 Å². The van der Waals surface area contributed by atoms with Gasteiger partial charge in [0.05, 0.1) is 0 Å². The fraction of sp³-hybridized carbons (Fsp3) is 0.533. The molecule has 1 unspecified atom stereocenters. The molecule has 5 heteroatoms. The summed E-state index contributed by atoms with van der Waals surface area (Å²) in [5, 5.41) is 3.28. The first kappa shape index (κ1) is 17.0.